The Bertz CT molecular complexity index is 927. The van der Waals surface area contributed by atoms with Gasteiger partial charge in [0.25, 0.3) is 7.82 Å². The van der Waals surface area contributed by atoms with Gasteiger partial charge in [0, 0.05) is 6.42 Å². The first-order valence-electron chi connectivity index (χ1n) is 24.0. The zero-order chi connectivity index (χ0) is 41.4. The van der Waals surface area contributed by atoms with Gasteiger partial charge in [-0.2, -0.15) is 0 Å². The van der Waals surface area contributed by atoms with Gasteiger partial charge < -0.3 is 28.8 Å². The molecule has 334 valence electrons. The van der Waals surface area contributed by atoms with E-state index in [9.17, 15) is 19.4 Å². The number of phosphoric ester groups is 1. The Kier molecular flexibility index (Phi) is 39.1. The summed E-state index contributed by atoms with van der Waals surface area (Å²) in [7, 11) is 1.31. The van der Waals surface area contributed by atoms with E-state index in [-0.39, 0.29) is 19.1 Å². The Morgan fingerprint density at radius 3 is 1.39 bits per heavy atom. The fourth-order valence-electron chi connectivity index (χ4n) is 7.15. The highest BCUT2D eigenvalue weighted by atomic mass is 31.2. The van der Waals surface area contributed by atoms with E-state index < -0.39 is 20.0 Å². The minimum Gasteiger partial charge on any atom is -0.756 e. The number of phosphoric acid groups is 1. The van der Waals surface area contributed by atoms with E-state index in [2.05, 4.69) is 31.3 Å². The van der Waals surface area contributed by atoms with Crippen LogP contribution in [-0.2, 0) is 18.4 Å². The summed E-state index contributed by atoms with van der Waals surface area (Å²) >= 11 is 0. The van der Waals surface area contributed by atoms with Gasteiger partial charge in [0.05, 0.1) is 39.9 Å². The largest absolute Gasteiger partial charge is 0.756 e. The predicted octanol–water partition coefficient (Wildman–Crippen LogP) is 12.9. The standard InChI is InChI=1S/C47H95N2O6P/c1-6-8-10-12-14-16-18-20-22-24-25-26-28-30-32-34-36-38-40-46(50)45(44-55-56(52,53)54-43-42-49(3,4)5)48-47(51)41-39-37-35-33-31-29-27-23-21-19-17-15-13-11-9-7-2/h23,27,45-46,50H,6-22,24-26,28-44H2,1-5H3,(H-,48,51,52,53)/b27-23-. The first kappa shape index (κ1) is 55.2. The number of amides is 1. The summed E-state index contributed by atoms with van der Waals surface area (Å²) in [6.07, 6.45) is 45.0. The highest BCUT2D eigenvalue weighted by Gasteiger charge is 2.24. The second-order valence-corrected chi connectivity index (χ2v) is 19.2. The van der Waals surface area contributed by atoms with Crippen LogP contribution in [0.2, 0.25) is 0 Å². The van der Waals surface area contributed by atoms with Crippen molar-refractivity contribution in [2.45, 2.75) is 244 Å². The average Bonchev–Trinajstić information content (AvgIpc) is 3.15. The number of quaternary nitrogens is 1. The summed E-state index contributed by atoms with van der Waals surface area (Å²) in [4.78, 5) is 25.4. The fourth-order valence-corrected chi connectivity index (χ4v) is 7.88. The summed E-state index contributed by atoms with van der Waals surface area (Å²) in [5.41, 5.74) is 0. The molecule has 8 nitrogen and oxygen atoms in total. The normalized spacial score (nSPS) is 14.3. The number of aliphatic hydroxyl groups excluding tert-OH is 1. The number of hydrogen-bond acceptors (Lipinski definition) is 6. The van der Waals surface area contributed by atoms with E-state index in [0.717, 1.165) is 51.4 Å². The number of nitrogens with one attached hydrogen (secondary N) is 1. The summed E-state index contributed by atoms with van der Waals surface area (Å²) in [6, 6.07) is -0.801. The van der Waals surface area contributed by atoms with Gasteiger partial charge in [-0.15, -0.1) is 0 Å². The first-order chi connectivity index (χ1) is 27.0. The van der Waals surface area contributed by atoms with Crippen molar-refractivity contribution in [1.29, 1.82) is 0 Å². The molecule has 2 N–H and O–H groups in total. The molecule has 0 saturated heterocycles. The molecule has 0 aliphatic rings. The van der Waals surface area contributed by atoms with Crippen molar-refractivity contribution in [3.63, 3.8) is 0 Å². The number of rotatable bonds is 44. The first-order valence-corrected chi connectivity index (χ1v) is 25.5. The number of allylic oxidation sites excluding steroid dienone is 2. The fraction of sp³-hybridized carbons (Fsp3) is 0.936. The lowest BCUT2D eigenvalue weighted by Crippen LogP contribution is -2.46. The smallest absolute Gasteiger partial charge is 0.268 e. The summed E-state index contributed by atoms with van der Waals surface area (Å²) in [5.74, 6) is -0.171. The molecule has 9 heteroatoms. The van der Waals surface area contributed by atoms with Crippen LogP contribution in [0.1, 0.15) is 232 Å². The van der Waals surface area contributed by atoms with E-state index in [1.165, 1.54) is 154 Å². The molecule has 3 atom stereocenters. The lowest BCUT2D eigenvalue weighted by molar-refractivity contribution is -0.870. The Morgan fingerprint density at radius 2 is 0.982 bits per heavy atom. The van der Waals surface area contributed by atoms with Gasteiger partial charge in [-0.3, -0.25) is 9.36 Å². The molecule has 0 aromatic rings. The van der Waals surface area contributed by atoms with Crippen LogP contribution in [0.4, 0.5) is 0 Å². The zero-order valence-corrected chi connectivity index (χ0v) is 38.7. The van der Waals surface area contributed by atoms with Gasteiger partial charge in [-0.05, 0) is 38.5 Å². The molecule has 1 amide bonds. The van der Waals surface area contributed by atoms with Crippen LogP contribution in [0.25, 0.3) is 0 Å². The third kappa shape index (κ3) is 41.4. The van der Waals surface area contributed by atoms with Crippen LogP contribution >= 0.6 is 7.82 Å². The van der Waals surface area contributed by atoms with Crippen molar-refractivity contribution in [2.24, 2.45) is 0 Å². The molecule has 0 heterocycles. The van der Waals surface area contributed by atoms with Gasteiger partial charge in [-0.1, -0.05) is 199 Å². The maximum atomic E-state index is 12.9. The highest BCUT2D eigenvalue weighted by molar-refractivity contribution is 7.45. The van der Waals surface area contributed by atoms with E-state index in [1.54, 1.807) is 0 Å². The van der Waals surface area contributed by atoms with Gasteiger partial charge in [0.15, 0.2) is 0 Å². The molecule has 0 bridgehead atoms. The minimum atomic E-state index is -4.56. The maximum Gasteiger partial charge on any atom is 0.268 e. The van der Waals surface area contributed by atoms with Crippen molar-refractivity contribution in [3.8, 4) is 0 Å². The summed E-state index contributed by atoms with van der Waals surface area (Å²) in [5, 5.41) is 13.9. The topological polar surface area (TPSA) is 108 Å². The number of nitrogens with zero attached hydrogens (tertiary/aromatic N) is 1. The van der Waals surface area contributed by atoms with Crippen molar-refractivity contribution < 1.29 is 32.9 Å². The van der Waals surface area contributed by atoms with E-state index in [4.69, 9.17) is 9.05 Å². The average molecular weight is 815 g/mol. The molecule has 0 radical (unpaired) electrons. The van der Waals surface area contributed by atoms with Crippen molar-refractivity contribution in [3.05, 3.63) is 12.2 Å². The van der Waals surface area contributed by atoms with Gasteiger partial charge in [-0.25, -0.2) is 0 Å². The molecule has 0 aromatic heterocycles. The predicted molar refractivity (Wildman–Crippen MR) is 238 cm³/mol. The maximum absolute atomic E-state index is 12.9. The minimum absolute atomic E-state index is 0.0126. The molecule has 0 aromatic carbocycles. The van der Waals surface area contributed by atoms with Crippen LogP contribution in [0, 0.1) is 0 Å². The molecular weight excluding hydrogens is 719 g/mol. The summed E-state index contributed by atoms with van der Waals surface area (Å²) in [6.45, 7) is 4.73. The summed E-state index contributed by atoms with van der Waals surface area (Å²) < 4.78 is 23.3. The number of unbranched alkanes of at least 4 members (excludes halogenated alkanes) is 29. The third-order valence-electron chi connectivity index (χ3n) is 11.0. The van der Waals surface area contributed by atoms with Crippen molar-refractivity contribution in [1.82, 2.24) is 5.32 Å². The molecule has 0 aliphatic carbocycles. The quantitative estimate of drug-likeness (QED) is 0.0274. The van der Waals surface area contributed by atoms with Crippen LogP contribution in [0.15, 0.2) is 12.2 Å². The number of carbonyl (C=O) groups excluding carboxylic acids is 1. The molecule has 0 rings (SSSR count). The molecule has 56 heavy (non-hydrogen) atoms. The Hall–Kier alpha value is -0.760. The van der Waals surface area contributed by atoms with Gasteiger partial charge in [0.2, 0.25) is 5.91 Å². The molecular formula is C47H95N2O6P. The number of likely N-dealkylation sites (N-methyl/N-ethyl adjacent to an activating group) is 1. The molecule has 0 spiro atoms. The lowest BCUT2D eigenvalue weighted by Gasteiger charge is -2.30. The number of hydrogen-bond donors (Lipinski definition) is 2. The number of aliphatic hydroxyl groups is 1. The Morgan fingerprint density at radius 1 is 0.607 bits per heavy atom. The van der Waals surface area contributed by atoms with Crippen LogP contribution in [0.3, 0.4) is 0 Å². The van der Waals surface area contributed by atoms with Gasteiger partial charge in [0.1, 0.15) is 13.2 Å². The third-order valence-corrected chi connectivity index (χ3v) is 12.0. The van der Waals surface area contributed by atoms with E-state index in [1.807, 2.05) is 21.1 Å². The molecule has 0 saturated carbocycles. The Labute approximate surface area is 348 Å². The van der Waals surface area contributed by atoms with Crippen molar-refractivity contribution in [2.75, 3.05) is 40.9 Å². The SMILES string of the molecule is CCCCCCCCC/C=C\CCCCCCCC(=O)NC(COP(=O)([O-])OCC[N+](C)(C)C)C(O)CCCCCCCCCCCCCCCCCCCC. The highest BCUT2D eigenvalue weighted by Crippen LogP contribution is 2.38. The van der Waals surface area contributed by atoms with Crippen LogP contribution in [-0.4, -0.2) is 68.5 Å². The van der Waals surface area contributed by atoms with Crippen LogP contribution in [0.5, 0.6) is 0 Å². The second-order valence-electron chi connectivity index (χ2n) is 17.8. The van der Waals surface area contributed by atoms with E-state index >= 15 is 0 Å². The molecule has 3 unspecified atom stereocenters. The molecule has 0 fully saturated rings. The van der Waals surface area contributed by atoms with Crippen molar-refractivity contribution >= 4 is 13.7 Å². The zero-order valence-electron chi connectivity index (χ0n) is 37.9. The second kappa shape index (κ2) is 39.7. The van der Waals surface area contributed by atoms with E-state index in [0.29, 0.717) is 23.9 Å². The Balaban J connectivity index is 4.31. The monoisotopic (exact) mass is 815 g/mol. The van der Waals surface area contributed by atoms with Crippen LogP contribution < -0.4 is 10.2 Å². The molecule has 0 aliphatic heterocycles. The lowest BCUT2D eigenvalue weighted by atomic mass is 10.0. The van der Waals surface area contributed by atoms with Gasteiger partial charge >= 0.3 is 0 Å². The number of carbonyl (C=O) groups is 1.